The summed E-state index contributed by atoms with van der Waals surface area (Å²) >= 11 is 0. The molecule has 0 aliphatic rings. The third kappa shape index (κ3) is 5.39. The van der Waals surface area contributed by atoms with Crippen molar-refractivity contribution in [3.63, 3.8) is 0 Å². The van der Waals surface area contributed by atoms with Crippen molar-refractivity contribution in [1.29, 1.82) is 0 Å². The molecule has 5 nitrogen and oxygen atoms in total. The SMILES string of the molecule is CCCN(CCC)C(=O)c1ccc(NCC(=O)N(C)C)cc1. The number of carbonyl (C=O) groups excluding carboxylic acids is 2. The molecular formula is C17H27N3O2. The van der Waals surface area contributed by atoms with E-state index in [4.69, 9.17) is 0 Å². The van der Waals surface area contributed by atoms with Gasteiger partial charge in [-0.05, 0) is 37.1 Å². The van der Waals surface area contributed by atoms with Crippen LogP contribution in [0, 0.1) is 0 Å². The molecule has 22 heavy (non-hydrogen) atoms. The van der Waals surface area contributed by atoms with Gasteiger partial charge in [-0.3, -0.25) is 9.59 Å². The second-order valence-electron chi connectivity index (χ2n) is 5.51. The Hall–Kier alpha value is -2.04. The average Bonchev–Trinajstić information content (AvgIpc) is 2.52. The Balaban J connectivity index is 2.66. The fraction of sp³-hybridized carbons (Fsp3) is 0.529. The Labute approximate surface area is 133 Å². The molecule has 0 aliphatic carbocycles. The lowest BCUT2D eigenvalue weighted by atomic mass is 10.1. The number of anilines is 1. The van der Waals surface area contributed by atoms with Gasteiger partial charge in [0, 0.05) is 38.4 Å². The first-order valence-corrected chi connectivity index (χ1v) is 7.83. The zero-order chi connectivity index (χ0) is 16.5. The van der Waals surface area contributed by atoms with Crippen LogP contribution in [0.1, 0.15) is 37.0 Å². The van der Waals surface area contributed by atoms with Gasteiger partial charge in [-0.1, -0.05) is 13.8 Å². The second-order valence-corrected chi connectivity index (χ2v) is 5.51. The molecule has 0 aromatic heterocycles. The smallest absolute Gasteiger partial charge is 0.253 e. The van der Waals surface area contributed by atoms with E-state index in [2.05, 4.69) is 19.2 Å². The number of hydrogen-bond donors (Lipinski definition) is 1. The molecule has 0 heterocycles. The van der Waals surface area contributed by atoms with Crippen LogP contribution < -0.4 is 5.32 Å². The van der Waals surface area contributed by atoms with Crippen molar-refractivity contribution in [1.82, 2.24) is 9.80 Å². The number of nitrogens with zero attached hydrogens (tertiary/aromatic N) is 2. The van der Waals surface area contributed by atoms with Gasteiger partial charge in [-0.2, -0.15) is 0 Å². The van der Waals surface area contributed by atoms with Gasteiger partial charge in [0.05, 0.1) is 6.54 Å². The molecule has 1 N–H and O–H groups in total. The topological polar surface area (TPSA) is 52.7 Å². The Morgan fingerprint density at radius 1 is 1.00 bits per heavy atom. The predicted octanol–water partition coefficient (Wildman–Crippen LogP) is 2.45. The zero-order valence-corrected chi connectivity index (χ0v) is 14.1. The second kappa shape index (κ2) is 9.07. The summed E-state index contributed by atoms with van der Waals surface area (Å²) in [5, 5.41) is 3.06. The Kier molecular flexibility index (Phi) is 7.43. The van der Waals surface area contributed by atoms with Crippen molar-refractivity contribution < 1.29 is 9.59 Å². The van der Waals surface area contributed by atoms with Crippen LogP contribution >= 0.6 is 0 Å². The van der Waals surface area contributed by atoms with E-state index < -0.39 is 0 Å². The molecule has 0 saturated carbocycles. The molecule has 0 unspecified atom stereocenters. The molecule has 5 heteroatoms. The van der Waals surface area contributed by atoms with Gasteiger partial charge in [-0.15, -0.1) is 0 Å². The van der Waals surface area contributed by atoms with Crippen molar-refractivity contribution in [2.75, 3.05) is 39.0 Å². The molecule has 0 radical (unpaired) electrons. The third-order valence-electron chi connectivity index (χ3n) is 3.35. The van der Waals surface area contributed by atoms with Crippen LogP contribution in [-0.2, 0) is 4.79 Å². The molecule has 0 bridgehead atoms. The summed E-state index contributed by atoms with van der Waals surface area (Å²) in [6.07, 6.45) is 1.91. The average molecular weight is 305 g/mol. The summed E-state index contributed by atoms with van der Waals surface area (Å²) in [6, 6.07) is 7.30. The largest absolute Gasteiger partial charge is 0.376 e. The lowest BCUT2D eigenvalue weighted by Crippen LogP contribution is -2.32. The molecule has 1 aromatic carbocycles. The van der Waals surface area contributed by atoms with Gasteiger partial charge < -0.3 is 15.1 Å². The van der Waals surface area contributed by atoms with Crippen LogP contribution in [0.25, 0.3) is 0 Å². The normalized spacial score (nSPS) is 10.2. The van der Waals surface area contributed by atoms with Gasteiger partial charge >= 0.3 is 0 Å². The number of carbonyl (C=O) groups is 2. The summed E-state index contributed by atoms with van der Waals surface area (Å²) in [7, 11) is 3.45. The zero-order valence-electron chi connectivity index (χ0n) is 14.1. The van der Waals surface area contributed by atoms with Crippen molar-refractivity contribution in [3.8, 4) is 0 Å². The molecule has 0 atom stereocenters. The van der Waals surface area contributed by atoms with E-state index in [9.17, 15) is 9.59 Å². The number of likely N-dealkylation sites (N-methyl/N-ethyl adjacent to an activating group) is 1. The highest BCUT2D eigenvalue weighted by Crippen LogP contribution is 2.12. The molecule has 0 saturated heterocycles. The standard InChI is InChI=1S/C17H27N3O2/c1-5-11-20(12-6-2)17(22)14-7-9-15(10-8-14)18-13-16(21)19(3)4/h7-10,18H,5-6,11-13H2,1-4H3. The molecule has 2 amide bonds. The summed E-state index contributed by atoms with van der Waals surface area (Å²) in [5.74, 6) is 0.0804. The van der Waals surface area contributed by atoms with E-state index in [0.717, 1.165) is 31.6 Å². The Morgan fingerprint density at radius 3 is 2.00 bits per heavy atom. The quantitative estimate of drug-likeness (QED) is 0.802. The summed E-state index contributed by atoms with van der Waals surface area (Å²) in [6.45, 7) is 5.96. The maximum Gasteiger partial charge on any atom is 0.253 e. The lowest BCUT2D eigenvalue weighted by Gasteiger charge is -2.21. The number of amides is 2. The van der Waals surface area contributed by atoms with Crippen molar-refractivity contribution in [2.24, 2.45) is 0 Å². The van der Waals surface area contributed by atoms with Crippen LogP contribution in [0.2, 0.25) is 0 Å². The van der Waals surface area contributed by atoms with Crippen molar-refractivity contribution >= 4 is 17.5 Å². The Bertz CT molecular complexity index is 477. The highest BCUT2D eigenvalue weighted by molar-refractivity contribution is 5.94. The van der Waals surface area contributed by atoms with E-state index in [1.165, 1.54) is 4.90 Å². The van der Waals surface area contributed by atoms with E-state index in [1.807, 2.05) is 29.2 Å². The summed E-state index contributed by atoms with van der Waals surface area (Å²) < 4.78 is 0. The van der Waals surface area contributed by atoms with Gasteiger partial charge in [0.1, 0.15) is 0 Å². The monoisotopic (exact) mass is 305 g/mol. The minimum Gasteiger partial charge on any atom is -0.376 e. The van der Waals surface area contributed by atoms with Gasteiger partial charge in [0.2, 0.25) is 5.91 Å². The lowest BCUT2D eigenvalue weighted by molar-refractivity contribution is -0.126. The van der Waals surface area contributed by atoms with E-state index >= 15 is 0 Å². The number of nitrogens with one attached hydrogen (secondary N) is 1. The highest BCUT2D eigenvalue weighted by atomic mass is 16.2. The highest BCUT2D eigenvalue weighted by Gasteiger charge is 2.14. The van der Waals surface area contributed by atoms with Gasteiger partial charge in [0.25, 0.3) is 5.91 Å². The molecule has 1 rings (SSSR count). The van der Waals surface area contributed by atoms with Crippen LogP contribution in [0.5, 0.6) is 0 Å². The van der Waals surface area contributed by atoms with Gasteiger partial charge in [0.15, 0.2) is 0 Å². The van der Waals surface area contributed by atoms with E-state index in [1.54, 1.807) is 14.1 Å². The van der Waals surface area contributed by atoms with E-state index in [0.29, 0.717) is 5.56 Å². The van der Waals surface area contributed by atoms with Crippen molar-refractivity contribution in [2.45, 2.75) is 26.7 Å². The number of benzene rings is 1. The van der Waals surface area contributed by atoms with Crippen LogP contribution in [-0.4, -0.2) is 55.3 Å². The number of rotatable bonds is 8. The fourth-order valence-corrected chi connectivity index (χ4v) is 2.10. The van der Waals surface area contributed by atoms with Crippen LogP contribution in [0.4, 0.5) is 5.69 Å². The molecule has 0 spiro atoms. The summed E-state index contributed by atoms with van der Waals surface area (Å²) in [4.78, 5) is 27.4. The first kappa shape index (κ1) is 18.0. The van der Waals surface area contributed by atoms with Crippen LogP contribution in [0.15, 0.2) is 24.3 Å². The summed E-state index contributed by atoms with van der Waals surface area (Å²) in [5.41, 5.74) is 1.52. The molecule has 0 fully saturated rings. The molecule has 0 aliphatic heterocycles. The predicted molar refractivity (Wildman–Crippen MR) is 90.1 cm³/mol. The van der Waals surface area contributed by atoms with E-state index in [-0.39, 0.29) is 18.4 Å². The van der Waals surface area contributed by atoms with Crippen molar-refractivity contribution in [3.05, 3.63) is 29.8 Å². The van der Waals surface area contributed by atoms with Crippen LogP contribution in [0.3, 0.4) is 0 Å². The minimum atomic E-state index is 0.0113. The molecular weight excluding hydrogens is 278 g/mol. The number of hydrogen-bond acceptors (Lipinski definition) is 3. The Morgan fingerprint density at radius 2 is 1.55 bits per heavy atom. The van der Waals surface area contributed by atoms with Gasteiger partial charge in [-0.25, -0.2) is 0 Å². The molecule has 122 valence electrons. The third-order valence-corrected chi connectivity index (χ3v) is 3.35. The maximum atomic E-state index is 12.4. The fourth-order valence-electron chi connectivity index (χ4n) is 2.10. The molecule has 1 aromatic rings. The minimum absolute atomic E-state index is 0.0113. The first-order valence-electron chi connectivity index (χ1n) is 7.83. The first-order chi connectivity index (χ1) is 10.5. The maximum absolute atomic E-state index is 12.4.